The highest BCUT2D eigenvalue weighted by Crippen LogP contribution is 2.24. The van der Waals surface area contributed by atoms with Crippen molar-refractivity contribution < 1.29 is 4.79 Å². The predicted molar refractivity (Wildman–Crippen MR) is 127 cm³/mol. The Morgan fingerprint density at radius 3 is 2.70 bits per heavy atom. The third-order valence-corrected chi connectivity index (χ3v) is 6.37. The number of carbonyl (C=O) groups is 1. The fourth-order valence-electron chi connectivity index (χ4n) is 4.35. The van der Waals surface area contributed by atoms with Gasteiger partial charge in [-0.3, -0.25) is 14.4 Å². The number of fused-ring (bicyclic) bond motifs is 1. The smallest absolute Gasteiger partial charge is 0.259 e. The summed E-state index contributed by atoms with van der Waals surface area (Å²) in [6.45, 7) is 8.61. The SMILES string of the molecule is CCn1cc(-c2ccnc3c(C(=O)N4CCN(Cc5cccc(Cl)c5)CC4)cnn23)c(C)n1. The Morgan fingerprint density at radius 2 is 1.97 bits per heavy atom. The molecule has 0 bridgehead atoms. The molecule has 0 spiro atoms. The van der Waals surface area contributed by atoms with Gasteiger partial charge in [0.25, 0.3) is 5.91 Å². The van der Waals surface area contributed by atoms with Crippen molar-refractivity contribution >= 4 is 23.2 Å². The molecule has 0 aliphatic carbocycles. The van der Waals surface area contributed by atoms with E-state index in [-0.39, 0.29) is 5.91 Å². The van der Waals surface area contributed by atoms with Crippen LogP contribution >= 0.6 is 11.6 Å². The number of rotatable bonds is 5. The average molecular weight is 464 g/mol. The Kier molecular flexibility index (Phi) is 5.86. The number of amides is 1. The summed E-state index contributed by atoms with van der Waals surface area (Å²) in [5.74, 6) is -0.0296. The Morgan fingerprint density at radius 1 is 1.15 bits per heavy atom. The monoisotopic (exact) mass is 463 g/mol. The van der Waals surface area contributed by atoms with Gasteiger partial charge in [0.1, 0.15) is 5.56 Å². The lowest BCUT2D eigenvalue weighted by atomic mass is 10.2. The van der Waals surface area contributed by atoms with Gasteiger partial charge in [0.2, 0.25) is 0 Å². The zero-order chi connectivity index (χ0) is 22.9. The van der Waals surface area contributed by atoms with Crippen LogP contribution in [0.1, 0.15) is 28.5 Å². The Labute approximate surface area is 197 Å². The van der Waals surface area contributed by atoms with Crippen LogP contribution in [0.4, 0.5) is 0 Å². The first-order chi connectivity index (χ1) is 16.0. The van der Waals surface area contributed by atoms with E-state index in [2.05, 4.69) is 33.1 Å². The number of hydrogen-bond donors (Lipinski definition) is 0. The number of aryl methyl sites for hydroxylation is 2. The van der Waals surface area contributed by atoms with Gasteiger partial charge >= 0.3 is 0 Å². The standard InChI is InChI=1S/C24H26ClN7O/c1-3-31-16-21(17(2)28-31)22-7-8-26-23-20(14-27-32(22)23)24(33)30-11-9-29(10-12-30)15-18-5-4-6-19(25)13-18/h4-8,13-14,16H,3,9-12,15H2,1-2H3. The van der Waals surface area contributed by atoms with Gasteiger partial charge in [-0.1, -0.05) is 23.7 Å². The fourth-order valence-corrected chi connectivity index (χ4v) is 4.56. The van der Waals surface area contributed by atoms with Gasteiger partial charge in [-0.25, -0.2) is 9.50 Å². The van der Waals surface area contributed by atoms with E-state index in [1.165, 1.54) is 5.56 Å². The van der Waals surface area contributed by atoms with E-state index >= 15 is 0 Å². The second kappa shape index (κ2) is 8.96. The quantitative estimate of drug-likeness (QED) is 0.452. The molecular weight excluding hydrogens is 438 g/mol. The molecule has 0 saturated carbocycles. The van der Waals surface area contributed by atoms with Crippen LogP contribution in [-0.2, 0) is 13.1 Å². The number of hydrogen-bond acceptors (Lipinski definition) is 5. The van der Waals surface area contributed by atoms with Crippen molar-refractivity contribution in [3.63, 3.8) is 0 Å². The molecule has 1 saturated heterocycles. The van der Waals surface area contributed by atoms with Crippen LogP contribution in [0, 0.1) is 6.92 Å². The summed E-state index contributed by atoms with van der Waals surface area (Å²) in [7, 11) is 0. The van der Waals surface area contributed by atoms with E-state index < -0.39 is 0 Å². The van der Waals surface area contributed by atoms with Gasteiger partial charge in [0, 0.05) is 62.2 Å². The topological polar surface area (TPSA) is 71.6 Å². The maximum absolute atomic E-state index is 13.3. The first-order valence-electron chi connectivity index (χ1n) is 11.2. The van der Waals surface area contributed by atoms with Crippen molar-refractivity contribution in [2.75, 3.05) is 26.2 Å². The highest BCUT2D eigenvalue weighted by atomic mass is 35.5. The van der Waals surface area contributed by atoms with Gasteiger partial charge < -0.3 is 4.90 Å². The molecule has 1 aromatic carbocycles. The molecule has 8 nitrogen and oxygen atoms in total. The maximum Gasteiger partial charge on any atom is 0.259 e. The largest absolute Gasteiger partial charge is 0.336 e. The number of aromatic nitrogens is 5. The zero-order valence-electron chi connectivity index (χ0n) is 18.8. The van der Waals surface area contributed by atoms with Crippen LogP contribution in [0.5, 0.6) is 0 Å². The predicted octanol–water partition coefficient (Wildman–Crippen LogP) is 3.53. The highest BCUT2D eigenvalue weighted by molar-refractivity contribution is 6.30. The summed E-state index contributed by atoms with van der Waals surface area (Å²) in [5, 5.41) is 9.80. The van der Waals surface area contributed by atoms with Crippen molar-refractivity contribution in [2.24, 2.45) is 0 Å². The van der Waals surface area contributed by atoms with Crippen LogP contribution in [0.2, 0.25) is 5.02 Å². The van der Waals surface area contributed by atoms with Gasteiger partial charge in [-0.2, -0.15) is 10.2 Å². The second-order valence-corrected chi connectivity index (χ2v) is 8.74. The van der Waals surface area contributed by atoms with Crippen molar-refractivity contribution in [3.8, 4) is 11.3 Å². The van der Waals surface area contributed by atoms with Crippen LogP contribution in [0.3, 0.4) is 0 Å². The van der Waals surface area contributed by atoms with Crippen LogP contribution in [0.25, 0.3) is 16.9 Å². The molecule has 9 heteroatoms. The molecule has 4 heterocycles. The molecule has 33 heavy (non-hydrogen) atoms. The van der Waals surface area contributed by atoms with Crippen LogP contribution < -0.4 is 0 Å². The van der Waals surface area contributed by atoms with Crippen molar-refractivity contribution in [1.82, 2.24) is 34.2 Å². The lowest BCUT2D eigenvalue weighted by molar-refractivity contribution is 0.0630. The molecule has 0 unspecified atom stereocenters. The number of nitrogens with zero attached hydrogens (tertiary/aromatic N) is 7. The summed E-state index contributed by atoms with van der Waals surface area (Å²) in [6, 6.07) is 9.84. The summed E-state index contributed by atoms with van der Waals surface area (Å²) < 4.78 is 3.64. The first kappa shape index (κ1) is 21.6. The van der Waals surface area contributed by atoms with Crippen molar-refractivity contribution in [3.05, 3.63) is 70.8 Å². The molecule has 1 aliphatic heterocycles. The minimum Gasteiger partial charge on any atom is -0.336 e. The molecule has 5 rings (SSSR count). The summed E-state index contributed by atoms with van der Waals surface area (Å²) in [4.78, 5) is 22.0. The zero-order valence-corrected chi connectivity index (χ0v) is 19.5. The number of piperazine rings is 1. The summed E-state index contributed by atoms with van der Waals surface area (Å²) in [5.41, 5.74) is 5.07. The minimum atomic E-state index is -0.0296. The van der Waals surface area contributed by atoms with E-state index in [4.69, 9.17) is 11.6 Å². The Balaban J connectivity index is 1.33. The molecule has 1 amide bonds. The maximum atomic E-state index is 13.3. The van der Waals surface area contributed by atoms with Crippen molar-refractivity contribution in [1.29, 1.82) is 0 Å². The molecule has 4 aromatic rings. The van der Waals surface area contributed by atoms with Gasteiger partial charge in [0.15, 0.2) is 5.65 Å². The molecule has 0 N–H and O–H groups in total. The van der Waals surface area contributed by atoms with Crippen molar-refractivity contribution in [2.45, 2.75) is 26.9 Å². The van der Waals surface area contributed by atoms with E-state index in [1.54, 1.807) is 16.9 Å². The molecule has 0 radical (unpaired) electrons. The molecule has 0 atom stereocenters. The summed E-state index contributed by atoms with van der Waals surface area (Å²) in [6.07, 6.45) is 5.37. The molecule has 170 valence electrons. The molecule has 1 fully saturated rings. The third-order valence-electron chi connectivity index (χ3n) is 6.13. The molecular formula is C24H26ClN7O. The van der Waals surface area contributed by atoms with Gasteiger partial charge in [-0.15, -0.1) is 0 Å². The van der Waals surface area contributed by atoms with E-state index in [9.17, 15) is 4.79 Å². The normalized spacial score (nSPS) is 14.8. The van der Waals surface area contributed by atoms with E-state index in [0.29, 0.717) is 24.3 Å². The van der Waals surface area contributed by atoms with Crippen LogP contribution in [-0.4, -0.2) is 66.3 Å². The fraction of sp³-hybridized carbons (Fsp3) is 0.333. The Bertz CT molecular complexity index is 1300. The third kappa shape index (κ3) is 4.24. The lowest BCUT2D eigenvalue weighted by Crippen LogP contribution is -2.48. The molecule has 3 aromatic heterocycles. The second-order valence-electron chi connectivity index (χ2n) is 8.31. The average Bonchev–Trinajstić information content (AvgIpc) is 3.42. The first-order valence-corrected chi connectivity index (χ1v) is 11.5. The summed E-state index contributed by atoms with van der Waals surface area (Å²) >= 11 is 6.11. The van der Waals surface area contributed by atoms with Crippen LogP contribution in [0.15, 0.2) is 48.9 Å². The lowest BCUT2D eigenvalue weighted by Gasteiger charge is -2.34. The minimum absolute atomic E-state index is 0.0296. The van der Waals surface area contributed by atoms with E-state index in [1.807, 2.05) is 47.0 Å². The molecule has 1 aliphatic rings. The highest BCUT2D eigenvalue weighted by Gasteiger charge is 2.26. The number of halogens is 1. The van der Waals surface area contributed by atoms with Gasteiger partial charge in [-0.05, 0) is 37.6 Å². The Hall–Kier alpha value is -3.23. The number of benzene rings is 1. The van der Waals surface area contributed by atoms with Gasteiger partial charge in [0.05, 0.1) is 17.6 Å². The number of carbonyl (C=O) groups excluding carboxylic acids is 1. The van der Waals surface area contributed by atoms with E-state index in [0.717, 1.165) is 48.2 Å².